The highest BCUT2D eigenvalue weighted by Crippen LogP contribution is 2.45. The van der Waals surface area contributed by atoms with Crippen LogP contribution in [0.5, 0.6) is 0 Å². The topological polar surface area (TPSA) is 29.1 Å². The van der Waals surface area contributed by atoms with Crippen molar-refractivity contribution in [3.63, 3.8) is 0 Å². The molecule has 0 aromatic heterocycles. The molecule has 0 unspecified atom stereocenters. The Kier molecular flexibility index (Phi) is 3.27. The van der Waals surface area contributed by atoms with Crippen LogP contribution in [0.25, 0.3) is 0 Å². The van der Waals surface area contributed by atoms with Gasteiger partial charge in [-0.05, 0) is 36.2 Å². The van der Waals surface area contributed by atoms with E-state index in [4.69, 9.17) is 0 Å². The van der Waals surface area contributed by atoms with Gasteiger partial charge in [-0.3, -0.25) is 4.79 Å². The first-order valence-corrected chi connectivity index (χ1v) is 5.67. The highest BCUT2D eigenvalue weighted by atomic mass is 16.1. The van der Waals surface area contributed by atoms with Gasteiger partial charge < -0.3 is 5.32 Å². The van der Waals surface area contributed by atoms with Crippen molar-refractivity contribution in [2.45, 2.75) is 53.0 Å². The van der Waals surface area contributed by atoms with Crippen LogP contribution in [0.2, 0.25) is 0 Å². The Balaban J connectivity index is 2.67. The average molecular weight is 209 g/mol. The number of rotatable bonds is 2. The molecule has 1 aliphatic carbocycles. The quantitative estimate of drug-likeness (QED) is 0.696. The van der Waals surface area contributed by atoms with Gasteiger partial charge in [0, 0.05) is 6.04 Å². The van der Waals surface area contributed by atoms with Crippen molar-refractivity contribution < 1.29 is 4.79 Å². The van der Waals surface area contributed by atoms with Crippen LogP contribution >= 0.6 is 0 Å². The normalized spacial score (nSPS) is 24.5. The maximum Gasteiger partial charge on any atom is 0.243 e. The predicted molar refractivity (Wildman–Crippen MR) is 63.5 cm³/mol. The summed E-state index contributed by atoms with van der Waals surface area (Å²) in [6.07, 6.45) is 4.71. The van der Waals surface area contributed by atoms with Crippen molar-refractivity contribution >= 4 is 5.91 Å². The van der Waals surface area contributed by atoms with E-state index in [0.29, 0.717) is 16.9 Å². The van der Waals surface area contributed by atoms with Crippen LogP contribution in [0.3, 0.4) is 0 Å². The molecule has 0 aromatic rings. The molecule has 1 saturated carbocycles. The Morgan fingerprint density at radius 2 is 1.73 bits per heavy atom. The maximum atomic E-state index is 11.3. The predicted octanol–water partition coefficient (Wildman–Crippen LogP) is 2.89. The summed E-state index contributed by atoms with van der Waals surface area (Å²) in [5, 5.41) is 3.02. The summed E-state index contributed by atoms with van der Waals surface area (Å²) >= 11 is 0. The summed E-state index contributed by atoms with van der Waals surface area (Å²) < 4.78 is 0. The molecular weight excluding hydrogens is 186 g/mol. The van der Waals surface area contributed by atoms with E-state index < -0.39 is 0 Å². The van der Waals surface area contributed by atoms with Gasteiger partial charge in [0.25, 0.3) is 0 Å². The molecule has 1 N–H and O–H groups in total. The molecule has 0 spiro atoms. The molecule has 0 radical (unpaired) electrons. The number of carbonyl (C=O) groups is 1. The Labute approximate surface area is 93.1 Å². The Hall–Kier alpha value is -0.790. The van der Waals surface area contributed by atoms with Crippen LogP contribution in [0.1, 0.15) is 47.0 Å². The third kappa shape index (κ3) is 3.69. The first kappa shape index (κ1) is 12.3. The largest absolute Gasteiger partial charge is 0.350 e. The van der Waals surface area contributed by atoms with Gasteiger partial charge in [-0.15, -0.1) is 0 Å². The summed E-state index contributed by atoms with van der Waals surface area (Å²) in [4.78, 5) is 11.3. The molecule has 0 aliphatic heterocycles. The zero-order chi connectivity index (χ0) is 11.7. The van der Waals surface area contributed by atoms with Crippen molar-refractivity contribution in [1.29, 1.82) is 0 Å². The van der Waals surface area contributed by atoms with E-state index in [1.165, 1.54) is 12.5 Å². The molecular formula is C13H23NO. The molecule has 0 saturated heterocycles. The van der Waals surface area contributed by atoms with E-state index in [2.05, 4.69) is 39.6 Å². The zero-order valence-corrected chi connectivity index (χ0v) is 10.4. The van der Waals surface area contributed by atoms with Gasteiger partial charge in [-0.1, -0.05) is 34.3 Å². The third-order valence-corrected chi connectivity index (χ3v) is 3.09. The Bertz CT molecular complexity index is 250. The zero-order valence-electron chi connectivity index (χ0n) is 10.4. The molecule has 2 heteroatoms. The summed E-state index contributed by atoms with van der Waals surface area (Å²) in [7, 11) is 0. The second-order valence-electron chi connectivity index (χ2n) is 6.32. The fraction of sp³-hybridized carbons (Fsp3) is 0.769. The lowest BCUT2D eigenvalue weighted by molar-refractivity contribution is -0.118. The number of nitrogens with one attached hydrogen (secondary N) is 1. The monoisotopic (exact) mass is 209 g/mol. The van der Waals surface area contributed by atoms with Gasteiger partial charge in [0.05, 0.1) is 0 Å². The first-order valence-electron chi connectivity index (χ1n) is 5.67. The molecule has 0 aromatic carbocycles. The second-order valence-corrected chi connectivity index (χ2v) is 6.32. The summed E-state index contributed by atoms with van der Waals surface area (Å²) in [5.74, 6) is -0.0477. The standard InChI is InChI=1S/C13H23NO/c1-6-11(15)14-10-7-12(2,3)9-13(4,5)8-10/h6,10H,1,7-9H2,2-5H3,(H,14,15). The van der Waals surface area contributed by atoms with Crippen LogP contribution in [0.15, 0.2) is 12.7 Å². The van der Waals surface area contributed by atoms with Gasteiger partial charge in [0.2, 0.25) is 5.91 Å². The molecule has 15 heavy (non-hydrogen) atoms. The van der Waals surface area contributed by atoms with Crippen molar-refractivity contribution in [2.75, 3.05) is 0 Å². The fourth-order valence-electron chi connectivity index (χ4n) is 3.21. The van der Waals surface area contributed by atoms with Crippen molar-refractivity contribution in [2.24, 2.45) is 10.8 Å². The summed E-state index contributed by atoms with van der Waals surface area (Å²) in [5.41, 5.74) is 0.641. The van der Waals surface area contributed by atoms with Crippen LogP contribution < -0.4 is 5.32 Å². The number of amides is 1. The molecule has 1 aliphatic rings. The molecule has 0 bridgehead atoms. The second kappa shape index (κ2) is 3.99. The van der Waals surface area contributed by atoms with Crippen LogP contribution in [0.4, 0.5) is 0 Å². The highest BCUT2D eigenvalue weighted by Gasteiger charge is 2.38. The third-order valence-electron chi connectivity index (χ3n) is 3.09. The minimum absolute atomic E-state index is 0.0477. The minimum atomic E-state index is -0.0477. The van der Waals surface area contributed by atoms with Crippen LogP contribution in [0, 0.1) is 10.8 Å². The van der Waals surface area contributed by atoms with Crippen LogP contribution in [-0.2, 0) is 4.79 Å². The minimum Gasteiger partial charge on any atom is -0.350 e. The van der Waals surface area contributed by atoms with Crippen molar-refractivity contribution in [3.8, 4) is 0 Å². The van der Waals surface area contributed by atoms with Crippen molar-refractivity contribution in [1.82, 2.24) is 5.32 Å². The Morgan fingerprint density at radius 1 is 1.27 bits per heavy atom. The number of hydrogen-bond acceptors (Lipinski definition) is 1. The summed E-state index contributed by atoms with van der Waals surface area (Å²) in [6.45, 7) is 12.6. The number of carbonyl (C=O) groups excluding carboxylic acids is 1. The molecule has 1 amide bonds. The van der Waals surface area contributed by atoms with Gasteiger partial charge in [-0.25, -0.2) is 0 Å². The van der Waals surface area contributed by atoms with E-state index in [1.807, 2.05) is 0 Å². The van der Waals surface area contributed by atoms with Gasteiger partial charge >= 0.3 is 0 Å². The molecule has 86 valence electrons. The lowest BCUT2D eigenvalue weighted by Crippen LogP contribution is -2.45. The summed E-state index contributed by atoms with van der Waals surface area (Å²) in [6, 6.07) is 0.300. The highest BCUT2D eigenvalue weighted by molar-refractivity contribution is 5.87. The smallest absolute Gasteiger partial charge is 0.243 e. The van der Waals surface area contributed by atoms with E-state index in [-0.39, 0.29) is 5.91 Å². The van der Waals surface area contributed by atoms with E-state index >= 15 is 0 Å². The number of hydrogen-bond donors (Lipinski definition) is 1. The average Bonchev–Trinajstić information content (AvgIpc) is 1.97. The fourth-order valence-corrected chi connectivity index (χ4v) is 3.21. The molecule has 0 atom stereocenters. The molecule has 1 rings (SSSR count). The van der Waals surface area contributed by atoms with Crippen LogP contribution in [-0.4, -0.2) is 11.9 Å². The van der Waals surface area contributed by atoms with Gasteiger partial charge in [0.15, 0.2) is 0 Å². The maximum absolute atomic E-state index is 11.3. The lowest BCUT2D eigenvalue weighted by Gasteiger charge is -2.45. The SMILES string of the molecule is C=CC(=O)NC1CC(C)(C)CC(C)(C)C1. The lowest BCUT2D eigenvalue weighted by atomic mass is 9.63. The van der Waals surface area contributed by atoms with Gasteiger partial charge in [0.1, 0.15) is 0 Å². The van der Waals surface area contributed by atoms with Crippen molar-refractivity contribution in [3.05, 3.63) is 12.7 Å². The molecule has 2 nitrogen and oxygen atoms in total. The Morgan fingerprint density at radius 3 is 2.13 bits per heavy atom. The molecule has 0 heterocycles. The van der Waals surface area contributed by atoms with Gasteiger partial charge in [-0.2, -0.15) is 0 Å². The van der Waals surface area contributed by atoms with E-state index in [9.17, 15) is 4.79 Å². The molecule has 1 fully saturated rings. The first-order chi connectivity index (χ1) is 6.74. The van der Waals surface area contributed by atoms with E-state index in [0.717, 1.165) is 12.8 Å². The van der Waals surface area contributed by atoms with E-state index in [1.54, 1.807) is 0 Å².